The zero-order chi connectivity index (χ0) is 25.3. The molecule has 2 aromatic carbocycles. The predicted molar refractivity (Wildman–Crippen MR) is 130 cm³/mol. The summed E-state index contributed by atoms with van der Waals surface area (Å²) in [5, 5.41) is 16.8. The first-order valence-corrected chi connectivity index (χ1v) is 11.2. The number of nitrogens with one attached hydrogen (secondary N) is 1. The van der Waals surface area contributed by atoms with Crippen molar-refractivity contribution in [1.82, 2.24) is 9.78 Å². The highest BCUT2D eigenvalue weighted by atomic mass is 16.5. The number of anilines is 2. The number of ether oxygens (including phenoxy) is 1. The smallest absolute Gasteiger partial charge is 0.277 e. The van der Waals surface area contributed by atoms with Gasteiger partial charge in [0, 0.05) is 23.5 Å². The van der Waals surface area contributed by atoms with E-state index in [9.17, 15) is 19.5 Å². The third kappa shape index (κ3) is 4.73. The van der Waals surface area contributed by atoms with Crippen molar-refractivity contribution in [3.8, 4) is 11.4 Å². The van der Waals surface area contributed by atoms with E-state index in [-0.39, 0.29) is 17.3 Å². The maximum absolute atomic E-state index is 13.6. The maximum Gasteiger partial charge on any atom is 0.277 e. The Hall–Kier alpha value is -4.18. The Morgan fingerprint density at radius 1 is 1.11 bits per heavy atom. The highest BCUT2D eigenvalue weighted by Crippen LogP contribution is 2.30. The minimum Gasteiger partial charge on any atom is -0.494 e. The van der Waals surface area contributed by atoms with Crippen LogP contribution in [-0.4, -0.2) is 51.4 Å². The zero-order valence-corrected chi connectivity index (χ0v) is 19.7. The molecule has 3 amide bonds. The summed E-state index contributed by atoms with van der Waals surface area (Å²) in [6.07, 6.45) is 0.396. The van der Waals surface area contributed by atoms with Gasteiger partial charge in [-0.05, 0) is 75.7 Å². The molecule has 3 aromatic rings. The van der Waals surface area contributed by atoms with Gasteiger partial charge in [-0.15, -0.1) is 0 Å². The van der Waals surface area contributed by atoms with Crippen LogP contribution in [0.5, 0.6) is 5.75 Å². The number of nitrogens with zero attached hydrogens (tertiary/aromatic N) is 3. The molecule has 0 saturated carbocycles. The van der Waals surface area contributed by atoms with Crippen molar-refractivity contribution in [2.45, 2.75) is 32.8 Å². The van der Waals surface area contributed by atoms with Crippen LogP contribution < -0.4 is 20.7 Å². The second-order valence-electron chi connectivity index (χ2n) is 8.65. The van der Waals surface area contributed by atoms with Crippen molar-refractivity contribution in [3.63, 3.8) is 0 Å². The Kier molecular flexibility index (Phi) is 6.31. The van der Waals surface area contributed by atoms with E-state index in [0.29, 0.717) is 47.9 Å². The molecule has 0 radical (unpaired) electrons. The molecule has 0 fully saturated rings. The summed E-state index contributed by atoms with van der Waals surface area (Å²) in [6.45, 7) is 5.54. The first kappa shape index (κ1) is 24.0. The molecule has 0 atom stereocenters. The van der Waals surface area contributed by atoms with Gasteiger partial charge in [-0.2, -0.15) is 5.10 Å². The van der Waals surface area contributed by atoms with Crippen molar-refractivity contribution in [1.29, 1.82) is 0 Å². The summed E-state index contributed by atoms with van der Waals surface area (Å²) in [5.74, 6) is -0.883. The van der Waals surface area contributed by atoms with Crippen LogP contribution in [0.1, 0.15) is 47.3 Å². The molecule has 2 heterocycles. The summed E-state index contributed by atoms with van der Waals surface area (Å²) >= 11 is 0. The lowest BCUT2D eigenvalue weighted by molar-refractivity contribution is -0.130. The lowest BCUT2D eigenvalue weighted by atomic mass is 10.0. The van der Waals surface area contributed by atoms with E-state index in [4.69, 9.17) is 10.5 Å². The van der Waals surface area contributed by atoms with Crippen LogP contribution >= 0.6 is 0 Å². The zero-order valence-electron chi connectivity index (χ0n) is 19.7. The maximum atomic E-state index is 13.6. The molecule has 0 bridgehead atoms. The number of hydrogen-bond donors (Lipinski definition) is 3. The minimum absolute atomic E-state index is 0.0755. The standard InChI is InChI=1S/C25H27N5O5/c1-4-35-18-11-9-17(10-12-18)30-21-19(20(28-30)22(26)31)13-14-29(23(21)32)16-7-5-15(6-8-16)27-24(33)25(2,3)34/h5-12,34H,4,13-14H2,1-3H3,(H2,26,31)(H,27,33). The van der Waals surface area contributed by atoms with Crippen LogP contribution in [0.3, 0.4) is 0 Å². The highest BCUT2D eigenvalue weighted by Gasteiger charge is 2.34. The van der Waals surface area contributed by atoms with Gasteiger partial charge in [0.05, 0.1) is 12.3 Å². The monoisotopic (exact) mass is 477 g/mol. The highest BCUT2D eigenvalue weighted by molar-refractivity contribution is 6.09. The number of hydrogen-bond acceptors (Lipinski definition) is 6. The van der Waals surface area contributed by atoms with Gasteiger partial charge in [-0.25, -0.2) is 4.68 Å². The summed E-state index contributed by atoms with van der Waals surface area (Å²) in [7, 11) is 0. The molecule has 0 spiro atoms. The summed E-state index contributed by atoms with van der Waals surface area (Å²) < 4.78 is 6.92. The van der Waals surface area contributed by atoms with E-state index < -0.39 is 17.4 Å². The number of benzene rings is 2. The first-order valence-electron chi connectivity index (χ1n) is 11.2. The van der Waals surface area contributed by atoms with Gasteiger partial charge >= 0.3 is 0 Å². The molecular formula is C25H27N5O5. The largest absolute Gasteiger partial charge is 0.494 e. The number of rotatable bonds is 7. The molecular weight excluding hydrogens is 450 g/mol. The lowest BCUT2D eigenvalue weighted by Crippen LogP contribution is -2.39. The van der Waals surface area contributed by atoms with Crippen LogP contribution in [0.4, 0.5) is 11.4 Å². The number of amides is 3. The Labute approximate surface area is 202 Å². The second-order valence-corrected chi connectivity index (χ2v) is 8.65. The Balaban J connectivity index is 1.66. The Morgan fingerprint density at radius 3 is 2.31 bits per heavy atom. The normalized spacial score (nSPS) is 13.4. The quantitative estimate of drug-likeness (QED) is 0.477. The van der Waals surface area contributed by atoms with Crippen LogP contribution in [-0.2, 0) is 11.2 Å². The third-order valence-corrected chi connectivity index (χ3v) is 5.63. The van der Waals surface area contributed by atoms with Crippen molar-refractivity contribution < 1.29 is 24.2 Å². The van der Waals surface area contributed by atoms with E-state index in [0.717, 1.165) is 0 Å². The Bertz CT molecular complexity index is 1270. The number of carbonyl (C=O) groups excluding carboxylic acids is 3. The van der Waals surface area contributed by atoms with Crippen LogP contribution in [0.25, 0.3) is 5.69 Å². The van der Waals surface area contributed by atoms with Gasteiger partial charge in [-0.1, -0.05) is 0 Å². The fourth-order valence-electron chi connectivity index (χ4n) is 3.85. The van der Waals surface area contributed by atoms with Crippen LogP contribution in [0.2, 0.25) is 0 Å². The number of aliphatic hydroxyl groups is 1. The second kappa shape index (κ2) is 9.22. The first-order chi connectivity index (χ1) is 16.6. The molecule has 1 aliphatic rings. The molecule has 0 unspecified atom stereocenters. The van der Waals surface area contributed by atoms with Gasteiger partial charge in [0.25, 0.3) is 17.7 Å². The van der Waals surface area contributed by atoms with Crippen LogP contribution in [0.15, 0.2) is 48.5 Å². The van der Waals surface area contributed by atoms with Gasteiger partial charge in [0.2, 0.25) is 0 Å². The molecule has 35 heavy (non-hydrogen) atoms. The number of carbonyl (C=O) groups is 3. The fourth-order valence-corrected chi connectivity index (χ4v) is 3.85. The number of primary amides is 1. The van der Waals surface area contributed by atoms with Gasteiger partial charge in [0.15, 0.2) is 5.69 Å². The number of nitrogens with two attached hydrogens (primary N) is 1. The fraction of sp³-hybridized carbons (Fsp3) is 0.280. The van der Waals surface area contributed by atoms with Crippen molar-refractivity contribution in [3.05, 3.63) is 65.5 Å². The summed E-state index contributed by atoms with van der Waals surface area (Å²) in [4.78, 5) is 39.3. The van der Waals surface area contributed by atoms with E-state index in [1.807, 2.05) is 6.92 Å². The molecule has 1 aliphatic heterocycles. The molecule has 10 heteroatoms. The minimum atomic E-state index is -1.52. The lowest BCUT2D eigenvalue weighted by Gasteiger charge is -2.28. The average Bonchev–Trinajstić information content (AvgIpc) is 3.21. The van der Waals surface area contributed by atoms with Crippen LogP contribution in [0, 0.1) is 0 Å². The van der Waals surface area contributed by atoms with Gasteiger partial charge in [0.1, 0.15) is 17.0 Å². The SMILES string of the molecule is CCOc1ccc(-n2nc(C(N)=O)c3c2C(=O)N(c2ccc(NC(=O)C(C)(C)O)cc2)CC3)cc1. The van der Waals surface area contributed by atoms with Gasteiger partial charge in [-0.3, -0.25) is 14.4 Å². The molecule has 182 valence electrons. The molecule has 1 aromatic heterocycles. The molecule has 4 rings (SSSR count). The van der Waals surface area contributed by atoms with Crippen molar-refractivity contribution >= 4 is 29.1 Å². The third-order valence-electron chi connectivity index (χ3n) is 5.63. The van der Waals surface area contributed by atoms with E-state index >= 15 is 0 Å². The summed E-state index contributed by atoms with van der Waals surface area (Å²) in [5.41, 5.74) is 6.60. The summed E-state index contributed by atoms with van der Waals surface area (Å²) in [6, 6.07) is 13.8. The van der Waals surface area contributed by atoms with E-state index in [2.05, 4.69) is 10.4 Å². The topological polar surface area (TPSA) is 140 Å². The van der Waals surface area contributed by atoms with Crippen molar-refractivity contribution in [2.24, 2.45) is 5.73 Å². The Morgan fingerprint density at radius 2 is 1.74 bits per heavy atom. The molecule has 4 N–H and O–H groups in total. The number of fused-ring (bicyclic) bond motifs is 1. The molecule has 10 nitrogen and oxygen atoms in total. The van der Waals surface area contributed by atoms with E-state index in [1.54, 1.807) is 53.4 Å². The van der Waals surface area contributed by atoms with Crippen molar-refractivity contribution in [2.75, 3.05) is 23.4 Å². The predicted octanol–water partition coefficient (Wildman–Crippen LogP) is 2.28. The molecule has 0 aliphatic carbocycles. The molecule has 0 saturated heterocycles. The van der Waals surface area contributed by atoms with Gasteiger partial charge < -0.3 is 25.8 Å². The number of aromatic nitrogens is 2. The van der Waals surface area contributed by atoms with E-state index in [1.165, 1.54) is 18.5 Å². The average molecular weight is 478 g/mol.